The molecule has 0 aliphatic heterocycles. The predicted molar refractivity (Wildman–Crippen MR) is 76.9 cm³/mol. The highest BCUT2D eigenvalue weighted by Gasteiger charge is 2.15. The van der Waals surface area contributed by atoms with Gasteiger partial charge in [0.05, 0.1) is 24.7 Å². The zero-order chi connectivity index (χ0) is 13.7. The lowest BCUT2D eigenvalue weighted by atomic mass is 10.4. The molecule has 1 amide bonds. The number of carbonyl (C=O) groups excluding carboxylic acids is 1. The van der Waals surface area contributed by atoms with E-state index in [2.05, 4.69) is 22.1 Å². The number of rotatable bonds is 3. The summed E-state index contributed by atoms with van der Waals surface area (Å²) in [5.74, 6) is 5.92. The Labute approximate surface area is 118 Å². The lowest BCUT2D eigenvalue weighted by Gasteiger charge is -2.01. The molecule has 0 aliphatic rings. The van der Waals surface area contributed by atoms with Crippen molar-refractivity contribution in [2.75, 3.05) is 19.0 Å². The molecule has 19 heavy (non-hydrogen) atoms. The van der Waals surface area contributed by atoms with Crippen molar-refractivity contribution in [1.29, 1.82) is 0 Å². The third-order valence-electron chi connectivity index (χ3n) is 2.10. The molecule has 0 bridgehead atoms. The summed E-state index contributed by atoms with van der Waals surface area (Å²) in [6.07, 6.45) is 1.61. The summed E-state index contributed by atoms with van der Waals surface area (Å²) >= 11 is 2.62. The standard InChI is InChI=1S/C12H11N3O2S2/c1-17-9-4-6-18-10(9)11(16)15-12-14-7-8(19-12)3-2-5-13/h4,6-7H,5,13H2,1H3,(H,14,15,16). The Hall–Kier alpha value is -1.88. The van der Waals surface area contributed by atoms with Crippen LogP contribution in [-0.4, -0.2) is 24.5 Å². The second-order valence-corrected chi connectivity index (χ2v) is 5.25. The zero-order valence-electron chi connectivity index (χ0n) is 10.1. The number of carbonyl (C=O) groups is 1. The van der Waals surface area contributed by atoms with Gasteiger partial charge in [-0.05, 0) is 11.4 Å². The Morgan fingerprint density at radius 2 is 2.47 bits per heavy atom. The van der Waals surface area contributed by atoms with Crippen molar-refractivity contribution in [3.63, 3.8) is 0 Å². The third-order valence-corrected chi connectivity index (χ3v) is 3.82. The Kier molecular flexibility index (Phi) is 4.52. The number of nitrogens with zero attached hydrogens (tertiary/aromatic N) is 1. The molecule has 0 saturated carbocycles. The minimum Gasteiger partial charge on any atom is -0.495 e. The van der Waals surface area contributed by atoms with Gasteiger partial charge in [-0.2, -0.15) is 0 Å². The molecule has 2 aromatic heterocycles. The number of aromatic nitrogens is 1. The van der Waals surface area contributed by atoms with E-state index in [1.54, 1.807) is 17.6 Å². The molecule has 7 heteroatoms. The molecule has 98 valence electrons. The number of amides is 1. The summed E-state index contributed by atoms with van der Waals surface area (Å²) in [6, 6.07) is 1.75. The van der Waals surface area contributed by atoms with Crippen LogP contribution in [0.25, 0.3) is 0 Å². The van der Waals surface area contributed by atoms with E-state index in [0.29, 0.717) is 22.3 Å². The van der Waals surface area contributed by atoms with E-state index >= 15 is 0 Å². The van der Waals surface area contributed by atoms with E-state index in [9.17, 15) is 4.79 Å². The molecule has 0 atom stereocenters. The van der Waals surface area contributed by atoms with Crippen molar-refractivity contribution in [2.24, 2.45) is 5.73 Å². The van der Waals surface area contributed by atoms with Crippen molar-refractivity contribution in [1.82, 2.24) is 4.98 Å². The number of nitrogens with two attached hydrogens (primary N) is 1. The van der Waals surface area contributed by atoms with Crippen LogP contribution in [0.5, 0.6) is 5.75 Å². The lowest BCUT2D eigenvalue weighted by Crippen LogP contribution is -2.10. The number of hydrogen-bond acceptors (Lipinski definition) is 6. The van der Waals surface area contributed by atoms with E-state index < -0.39 is 0 Å². The molecule has 0 aromatic carbocycles. The molecule has 2 rings (SSSR count). The molecular formula is C12H11N3O2S2. The van der Waals surface area contributed by atoms with E-state index in [4.69, 9.17) is 10.5 Å². The van der Waals surface area contributed by atoms with Gasteiger partial charge in [-0.25, -0.2) is 4.98 Å². The van der Waals surface area contributed by atoms with Crippen LogP contribution in [0.3, 0.4) is 0 Å². The van der Waals surface area contributed by atoms with E-state index in [0.717, 1.165) is 4.88 Å². The van der Waals surface area contributed by atoms with E-state index in [1.165, 1.54) is 29.8 Å². The van der Waals surface area contributed by atoms with Gasteiger partial charge in [0.2, 0.25) is 0 Å². The van der Waals surface area contributed by atoms with Crippen molar-refractivity contribution >= 4 is 33.7 Å². The van der Waals surface area contributed by atoms with Gasteiger partial charge in [0.15, 0.2) is 5.13 Å². The van der Waals surface area contributed by atoms with Gasteiger partial charge in [0.25, 0.3) is 5.91 Å². The topological polar surface area (TPSA) is 77.2 Å². The number of thiazole rings is 1. The molecule has 3 N–H and O–H groups in total. The molecular weight excluding hydrogens is 282 g/mol. The maximum atomic E-state index is 12.0. The summed E-state index contributed by atoms with van der Waals surface area (Å²) < 4.78 is 5.10. The third kappa shape index (κ3) is 3.32. The minimum absolute atomic E-state index is 0.237. The molecule has 0 saturated heterocycles. The Morgan fingerprint density at radius 3 is 3.21 bits per heavy atom. The van der Waals surface area contributed by atoms with Crippen molar-refractivity contribution in [2.45, 2.75) is 0 Å². The van der Waals surface area contributed by atoms with Crippen LogP contribution < -0.4 is 15.8 Å². The average molecular weight is 293 g/mol. The number of hydrogen-bond donors (Lipinski definition) is 2. The minimum atomic E-state index is -0.237. The van der Waals surface area contributed by atoms with Gasteiger partial charge in [0, 0.05) is 0 Å². The van der Waals surface area contributed by atoms with E-state index in [1.807, 2.05) is 0 Å². The summed E-state index contributed by atoms with van der Waals surface area (Å²) in [5.41, 5.74) is 5.29. The van der Waals surface area contributed by atoms with Gasteiger partial charge in [-0.3, -0.25) is 10.1 Å². The number of ether oxygens (including phenoxy) is 1. The van der Waals surface area contributed by atoms with Crippen LogP contribution in [0.2, 0.25) is 0 Å². The monoisotopic (exact) mass is 293 g/mol. The van der Waals surface area contributed by atoms with Gasteiger partial charge in [0.1, 0.15) is 10.6 Å². The number of methoxy groups -OCH3 is 1. The Bertz CT molecular complexity index is 637. The Morgan fingerprint density at radius 1 is 1.63 bits per heavy atom. The second kappa shape index (κ2) is 6.33. The molecule has 0 unspecified atom stereocenters. The first-order valence-electron chi connectivity index (χ1n) is 5.32. The average Bonchev–Trinajstić information content (AvgIpc) is 3.04. The SMILES string of the molecule is COc1ccsc1C(=O)Nc1ncc(C#CCN)s1. The molecule has 0 spiro atoms. The fourth-order valence-electron chi connectivity index (χ4n) is 1.31. The second-order valence-electron chi connectivity index (χ2n) is 3.31. The fourth-order valence-corrected chi connectivity index (χ4v) is 2.74. The van der Waals surface area contributed by atoms with Crippen molar-refractivity contribution < 1.29 is 9.53 Å². The first-order chi connectivity index (χ1) is 9.24. The highest BCUT2D eigenvalue weighted by atomic mass is 32.1. The van der Waals surface area contributed by atoms with Gasteiger partial charge >= 0.3 is 0 Å². The first kappa shape index (κ1) is 13.5. The largest absolute Gasteiger partial charge is 0.495 e. The smallest absolute Gasteiger partial charge is 0.271 e. The summed E-state index contributed by atoms with van der Waals surface area (Å²) in [4.78, 5) is 17.4. The predicted octanol–water partition coefficient (Wildman–Crippen LogP) is 1.78. The Balaban J connectivity index is 2.09. The van der Waals surface area contributed by atoms with Crippen LogP contribution in [0, 0.1) is 11.8 Å². The van der Waals surface area contributed by atoms with Crippen LogP contribution >= 0.6 is 22.7 Å². The first-order valence-corrected chi connectivity index (χ1v) is 7.02. The highest BCUT2D eigenvalue weighted by Crippen LogP contribution is 2.26. The molecule has 0 fully saturated rings. The maximum Gasteiger partial charge on any atom is 0.271 e. The number of anilines is 1. The molecule has 0 aliphatic carbocycles. The molecule has 2 heterocycles. The number of thiophene rings is 1. The number of nitrogens with one attached hydrogen (secondary N) is 1. The van der Waals surface area contributed by atoms with Crippen molar-refractivity contribution in [3.8, 4) is 17.6 Å². The molecule has 5 nitrogen and oxygen atoms in total. The van der Waals surface area contributed by atoms with Gasteiger partial charge in [-0.1, -0.05) is 23.2 Å². The lowest BCUT2D eigenvalue weighted by molar-refractivity contribution is 0.102. The van der Waals surface area contributed by atoms with Crippen LogP contribution in [0.4, 0.5) is 5.13 Å². The van der Waals surface area contributed by atoms with Crippen LogP contribution in [0.15, 0.2) is 17.6 Å². The van der Waals surface area contributed by atoms with Crippen LogP contribution in [-0.2, 0) is 0 Å². The summed E-state index contributed by atoms with van der Waals surface area (Å²) in [6.45, 7) is 0.298. The summed E-state index contributed by atoms with van der Waals surface area (Å²) in [7, 11) is 1.53. The van der Waals surface area contributed by atoms with Gasteiger partial charge in [-0.15, -0.1) is 11.3 Å². The molecule has 2 aromatic rings. The van der Waals surface area contributed by atoms with E-state index in [-0.39, 0.29) is 5.91 Å². The van der Waals surface area contributed by atoms with Gasteiger partial charge < -0.3 is 10.5 Å². The normalized spacial score (nSPS) is 9.58. The fraction of sp³-hybridized carbons (Fsp3) is 0.167. The summed E-state index contributed by atoms with van der Waals surface area (Å²) in [5, 5.41) is 5.02. The highest BCUT2D eigenvalue weighted by molar-refractivity contribution is 7.16. The zero-order valence-corrected chi connectivity index (χ0v) is 11.7. The van der Waals surface area contributed by atoms with Crippen LogP contribution in [0.1, 0.15) is 14.5 Å². The quantitative estimate of drug-likeness (QED) is 0.846. The molecule has 0 radical (unpaired) electrons. The van der Waals surface area contributed by atoms with Crippen molar-refractivity contribution in [3.05, 3.63) is 27.4 Å². The maximum absolute atomic E-state index is 12.0.